The fourth-order valence-corrected chi connectivity index (χ4v) is 3.60. The highest BCUT2D eigenvalue weighted by molar-refractivity contribution is 7.89. The van der Waals surface area contributed by atoms with Gasteiger partial charge in [-0.05, 0) is 37.5 Å². The van der Waals surface area contributed by atoms with Crippen LogP contribution >= 0.6 is 11.6 Å². The van der Waals surface area contributed by atoms with E-state index in [-0.39, 0.29) is 11.6 Å². The summed E-state index contributed by atoms with van der Waals surface area (Å²) >= 11 is 5.57. The van der Waals surface area contributed by atoms with Crippen LogP contribution < -0.4 is 4.72 Å². The van der Waals surface area contributed by atoms with Gasteiger partial charge in [0.05, 0.1) is 12.1 Å². The maximum Gasteiger partial charge on any atom is 0.244 e. The fourth-order valence-electron chi connectivity index (χ4n) is 1.93. The summed E-state index contributed by atoms with van der Waals surface area (Å²) in [6, 6.07) is 3.37. The van der Waals surface area contributed by atoms with E-state index in [1.54, 1.807) is 0 Å². The van der Waals surface area contributed by atoms with Gasteiger partial charge in [-0.3, -0.25) is 0 Å². The van der Waals surface area contributed by atoms with E-state index in [4.69, 9.17) is 11.6 Å². The lowest BCUT2D eigenvalue weighted by Gasteiger charge is -2.40. The average Bonchev–Trinajstić information content (AvgIpc) is 2.23. The Kier molecular flexibility index (Phi) is 3.64. The summed E-state index contributed by atoms with van der Waals surface area (Å²) < 4.78 is 40.0. The number of benzene rings is 1. The van der Waals surface area contributed by atoms with Crippen LogP contribution in [0.4, 0.5) is 4.39 Å². The van der Waals surface area contributed by atoms with Crippen LogP contribution in [-0.2, 0) is 10.0 Å². The summed E-state index contributed by atoms with van der Waals surface area (Å²) in [5.74, 6) is -0.901. The molecule has 0 bridgehead atoms. The molecule has 1 aliphatic carbocycles. The Hall–Kier alpha value is -0.690. The Bertz CT molecular complexity index is 552. The molecular formula is C11H13ClFNO3S. The van der Waals surface area contributed by atoms with Crippen molar-refractivity contribution in [3.05, 3.63) is 29.0 Å². The Labute approximate surface area is 110 Å². The number of hydrogen-bond donors (Lipinski definition) is 2. The highest BCUT2D eigenvalue weighted by Gasteiger charge is 2.40. The van der Waals surface area contributed by atoms with E-state index in [0.717, 1.165) is 18.6 Å². The summed E-state index contributed by atoms with van der Waals surface area (Å²) in [6.45, 7) is -0.290. The zero-order valence-electron chi connectivity index (χ0n) is 9.49. The molecule has 0 radical (unpaired) electrons. The number of nitrogens with one attached hydrogen (secondary N) is 1. The van der Waals surface area contributed by atoms with E-state index >= 15 is 0 Å². The predicted octanol–water partition coefficient (Wildman–Crippen LogP) is 1.67. The topological polar surface area (TPSA) is 66.4 Å². The molecule has 1 fully saturated rings. The first-order valence-electron chi connectivity index (χ1n) is 5.48. The monoisotopic (exact) mass is 293 g/mol. The van der Waals surface area contributed by atoms with Crippen LogP contribution in [-0.4, -0.2) is 25.7 Å². The highest BCUT2D eigenvalue weighted by atomic mass is 35.5. The summed E-state index contributed by atoms with van der Waals surface area (Å²) in [7, 11) is -3.98. The predicted molar refractivity (Wildman–Crippen MR) is 65.4 cm³/mol. The van der Waals surface area contributed by atoms with Crippen LogP contribution in [0, 0.1) is 5.82 Å². The van der Waals surface area contributed by atoms with Crippen LogP contribution in [0.1, 0.15) is 19.3 Å². The third kappa shape index (κ3) is 2.51. The van der Waals surface area contributed by atoms with Crippen LogP contribution in [0.25, 0.3) is 0 Å². The zero-order chi connectivity index (χ0) is 13.4. The van der Waals surface area contributed by atoms with Crippen molar-refractivity contribution in [3.63, 3.8) is 0 Å². The van der Waals surface area contributed by atoms with E-state index in [0.29, 0.717) is 12.8 Å². The van der Waals surface area contributed by atoms with Crippen molar-refractivity contribution in [2.75, 3.05) is 6.61 Å². The molecule has 4 nitrogen and oxygen atoms in total. The van der Waals surface area contributed by atoms with Crippen molar-refractivity contribution in [1.29, 1.82) is 0 Å². The van der Waals surface area contributed by atoms with Crippen molar-refractivity contribution >= 4 is 21.6 Å². The Morgan fingerprint density at radius 3 is 2.56 bits per heavy atom. The molecule has 0 aromatic heterocycles. The molecule has 2 N–H and O–H groups in total. The first-order valence-corrected chi connectivity index (χ1v) is 7.35. The molecule has 0 aliphatic heterocycles. The van der Waals surface area contributed by atoms with Gasteiger partial charge in [0, 0.05) is 5.02 Å². The van der Waals surface area contributed by atoms with E-state index in [1.807, 2.05) is 0 Å². The van der Waals surface area contributed by atoms with Gasteiger partial charge in [0.25, 0.3) is 0 Å². The molecule has 0 heterocycles. The lowest BCUT2D eigenvalue weighted by molar-refractivity contribution is 0.110. The minimum atomic E-state index is -3.98. The molecule has 0 saturated heterocycles. The van der Waals surface area contributed by atoms with Crippen molar-refractivity contribution in [3.8, 4) is 0 Å². The van der Waals surface area contributed by atoms with Crippen LogP contribution in [0.5, 0.6) is 0 Å². The number of halogens is 2. The number of hydrogen-bond acceptors (Lipinski definition) is 3. The largest absolute Gasteiger partial charge is 0.394 e. The lowest BCUT2D eigenvalue weighted by Crippen LogP contribution is -2.56. The van der Waals surface area contributed by atoms with Gasteiger partial charge in [0.15, 0.2) is 0 Å². The van der Waals surface area contributed by atoms with Crippen molar-refractivity contribution < 1.29 is 17.9 Å². The molecule has 0 amide bonds. The van der Waals surface area contributed by atoms with E-state index in [9.17, 15) is 17.9 Å². The fraction of sp³-hybridized carbons (Fsp3) is 0.455. The molecular weight excluding hydrogens is 281 g/mol. The molecule has 100 valence electrons. The maximum absolute atomic E-state index is 13.6. The van der Waals surface area contributed by atoms with Gasteiger partial charge >= 0.3 is 0 Å². The normalized spacial score (nSPS) is 18.4. The van der Waals surface area contributed by atoms with Crippen molar-refractivity contribution in [2.24, 2.45) is 0 Å². The third-order valence-corrected chi connectivity index (χ3v) is 4.99. The van der Waals surface area contributed by atoms with Gasteiger partial charge in [-0.15, -0.1) is 0 Å². The maximum atomic E-state index is 13.6. The van der Waals surface area contributed by atoms with Gasteiger partial charge in [-0.1, -0.05) is 11.6 Å². The standard InChI is InChI=1S/C11H13ClFNO3S/c12-8-2-3-10(9(13)6-8)18(16,17)14-11(7-15)4-1-5-11/h2-3,6,14-15H,1,4-5,7H2. The second kappa shape index (κ2) is 4.77. The van der Waals surface area contributed by atoms with Gasteiger partial charge in [0.2, 0.25) is 10.0 Å². The number of aliphatic hydroxyl groups excluding tert-OH is 1. The first-order chi connectivity index (χ1) is 8.38. The molecule has 2 rings (SSSR count). The molecule has 7 heteroatoms. The molecule has 1 aliphatic rings. The van der Waals surface area contributed by atoms with Crippen LogP contribution in [0.2, 0.25) is 5.02 Å². The minimum absolute atomic E-state index is 0.131. The average molecular weight is 294 g/mol. The zero-order valence-corrected chi connectivity index (χ0v) is 11.1. The van der Waals surface area contributed by atoms with Gasteiger partial charge < -0.3 is 5.11 Å². The number of aliphatic hydroxyl groups is 1. The smallest absolute Gasteiger partial charge is 0.244 e. The SMILES string of the molecule is O=S(=O)(NC1(CO)CCC1)c1ccc(Cl)cc1F. The van der Waals surface area contributed by atoms with Gasteiger partial charge in [0.1, 0.15) is 10.7 Å². The quantitative estimate of drug-likeness (QED) is 0.887. The van der Waals surface area contributed by atoms with E-state index in [2.05, 4.69) is 4.72 Å². The Morgan fingerprint density at radius 2 is 2.11 bits per heavy atom. The summed E-state index contributed by atoms with van der Waals surface area (Å²) in [5.41, 5.74) is -0.842. The summed E-state index contributed by atoms with van der Waals surface area (Å²) in [6.07, 6.45) is 1.95. The van der Waals surface area contributed by atoms with E-state index in [1.165, 1.54) is 6.07 Å². The van der Waals surface area contributed by atoms with Crippen molar-refractivity contribution in [1.82, 2.24) is 4.72 Å². The van der Waals surface area contributed by atoms with E-state index < -0.39 is 26.3 Å². The lowest BCUT2D eigenvalue weighted by atomic mass is 9.78. The molecule has 1 aromatic carbocycles. The molecule has 18 heavy (non-hydrogen) atoms. The van der Waals surface area contributed by atoms with Crippen molar-refractivity contribution in [2.45, 2.75) is 29.7 Å². The van der Waals surface area contributed by atoms with Gasteiger partial charge in [-0.25, -0.2) is 17.5 Å². The Balaban J connectivity index is 2.31. The molecule has 0 unspecified atom stereocenters. The summed E-state index contributed by atoms with van der Waals surface area (Å²) in [5, 5.41) is 9.35. The van der Waals surface area contributed by atoms with Gasteiger partial charge in [-0.2, -0.15) is 0 Å². The second-order valence-corrected chi connectivity index (χ2v) is 6.56. The molecule has 0 atom stereocenters. The Morgan fingerprint density at radius 1 is 1.44 bits per heavy atom. The molecule has 1 saturated carbocycles. The molecule has 1 aromatic rings. The number of rotatable bonds is 4. The second-order valence-electron chi connectivity index (χ2n) is 4.47. The van der Waals surface area contributed by atoms with Crippen LogP contribution in [0.3, 0.4) is 0 Å². The summed E-state index contributed by atoms with van der Waals surface area (Å²) in [4.78, 5) is -0.452. The van der Waals surface area contributed by atoms with Crippen LogP contribution in [0.15, 0.2) is 23.1 Å². The molecule has 0 spiro atoms. The third-order valence-electron chi connectivity index (χ3n) is 3.15. The highest BCUT2D eigenvalue weighted by Crippen LogP contribution is 2.33. The first kappa shape index (κ1) is 13.7. The minimum Gasteiger partial charge on any atom is -0.394 e. The number of sulfonamides is 1.